The monoisotopic (exact) mass is 410 g/mol. The predicted octanol–water partition coefficient (Wildman–Crippen LogP) is 5.06. The molecule has 0 fully saturated rings. The molecule has 2 aromatic rings. The highest BCUT2D eigenvalue weighted by Gasteiger charge is 2.17. The van der Waals surface area contributed by atoms with E-state index in [-0.39, 0.29) is 6.10 Å². The largest absolute Gasteiger partial charge is 0.493 e. The molecule has 138 valence electrons. The van der Waals surface area contributed by atoms with Gasteiger partial charge in [-0.05, 0) is 12.3 Å². The Morgan fingerprint density at radius 1 is 0.960 bits per heavy atom. The number of benzene rings is 2. The molecule has 0 aliphatic carbocycles. The molecule has 0 saturated heterocycles. The fourth-order valence-electron chi connectivity index (χ4n) is 2.53. The molecule has 0 aromatic heterocycles. The maximum absolute atomic E-state index is 6.07. The number of hydrogen-bond donors (Lipinski definition) is 0. The van der Waals surface area contributed by atoms with Gasteiger partial charge in [-0.25, -0.2) is 0 Å². The van der Waals surface area contributed by atoms with Gasteiger partial charge in [0.05, 0.1) is 19.8 Å². The highest BCUT2D eigenvalue weighted by molar-refractivity contribution is 9.09. The first-order valence-corrected chi connectivity index (χ1v) is 9.66. The van der Waals surface area contributed by atoms with Gasteiger partial charge in [0.25, 0.3) is 0 Å². The Morgan fingerprint density at radius 3 is 2.28 bits per heavy atom. The van der Waals surface area contributed by atoms with Gasteiger partial charge in [-0.15, -0.1) is 0 Å². The van der Waals surface area contributed by atoms with E-state index in [9.17, 15) is 0 Å². The van der Waals surface area contributed by atoms with Crippen molar-refractivity contribution in [2.45, 2.75) is 26.4 Å². The van der Waals surface area contributed by atoms with Crippen LogP contribution in [-0.2, 0) is 4.74 Å². The molecule has 0 aliphatic rings. The molecule has 0 heterocycles. The summed E-state index contributed by atoms with van der Waals surface area (Å²) in [4.78, 5) is 0. The average molecular weight is 411 g/mol. The van der Waals surface area contributed by atoms with E-state index in [1.54, 1.807) is 14.2 Å². The summed E-state index contributed by atoms with van der Waals surface area (Å²) in [7, 11) is 3.36. The van der Waals surface area contributed by atoms with Gasteiger partial charge in [-0.1, -0.05) is 54.0 Å². The van der Waals surface area contributed by atoms with Crippen molar-refractivity contribution in [2.75, 3.05) is 32.8 Å². The molecule has 0 saturated carbocycles. The Labute approximate surface area is 158 Å². The maximum atomic E-state index is 6.07. The quantitative estimate of drug-likeness (QED) is 0.512. The van der Waals surface area contributed by atoms with Crippen LogP contribution < -0.4 is 14.2 Å². The fourth-order valence-corrected chi connectivity index (χ4v) is 3.05. The van der Waals surface area contributed by atoms with Gasteiger partial charge in [0.15, 0.2) is 11.5 Å². The maximum Gasteiger partial charge on any atom is 0.169 e. The molecule has 25 heavy (non-hydrogen) atoms. The summed E-state index contributed by atoms with van der Waals surface area (Å²) < 4.78 is 23.1. The van der Waals surface area contributed by atoms with Crippen molar-refractivity contribution in [3.8, 4) is 17.2 Å². The number of ether oxygens (including phenoxy) is 4. The van der Waals surface area contributed by atoms with Crippen molar-refractivity contribution >= 4 is 26.7 Å². The molecule has 0 radical (unpaired) electrons. The highest BCUT2D eigenvalue weighted by atomic mass is 79.9. The van der Waals surface area contributed by atoms with E-state index in [2.05, 4.69) is 29.8 Å². The first-order chi connectivity index (χ1) is 12.1. The van der Waals surface area contributed by atoms with E-state index in [4.69, 9.17) is 18.9 Å². The van der Waals surface area contributed by atoms with Gasteiger partial charge >= 0.3 is 0 Å². The number of alkyl halides is 1. The van der Waals surface area contributed by atoms with Crippen LogP contribution in [0, 0.1) is 5.92 Å². The standard InChI is InChI=1S/C20H27BrO4/c1-14(2)12-25-20-17-8-6-5-7-16(17)18(11-19(20)23-4)24-13-15(22-3)9-10-21/h5-8,11,14-15H,9-10,12-13H2,1-4H3. The van der Waals surface area contributed by atoms with E-state index in [0.717, 1.165) is 34.0 Å². The van der Waals surface area contributed by atoms with Crippen LogP contribution in [0.25, 0.3) is 10.8 Å². The summed E-state index contributed by atoms with van der Waals surface area (Å²) in [5, 5.41) is 2.88. The third kappa shape index (κ3) is 5.25. The SMILES string of the molecule is COc1cc(OCC(CCBr)OC)c2ccccc2c1OCC(C)C. The van der Waals surface area contributed by atoms with Crippen LogP contribution in [0.4, 0.5) is 0 Å². The van der Waals surface area contributed by atoms with Crippen LogP contribution in [0.1, 0.15) is 20.3 Å². The van der Waals surface area contributed by atoms with E-state index >= 15 is 0 Å². The Balaban J connectivity index is 2.36. The Bertz CT molecular complexity index is 672. The van der Waals surface area contributed by atoms with E-state index in [1.165, 1.54) is 0 Å². The molecule has 5 heteroatoms. The first-order valence-electron chi connectivity index (χ1n) is 8.54. The Morgan fingerprint density at radius 2 is 1.68 bits per heavy atom. The minimum Gasteiger partial charge on any atom is -0.493 e. The van der Waals surface area contributed by atoms with Gasteiger partial charge in [0.1, 0.15) is 12.4 Å². The summed E-state index contributed by atoms with van der Waals surface area (Å²) >= 11 is 3.45. The van der Waals surface area contributed by atoms with Gasteiger partial charge in [-0.2, -0.15) is 0 Å². The van der Waals surface area contributed by atoms with Crippen LogP contribution in [0.3, 0.4) is 0 Å². The summed E-state index contributed by atoms with van der Waals surface area (Å²) in [6.45, 7) is 5.38. The number of halogens is 1. The minimum atomic E-state index is 0.0426. The lowest BCUT2D eigenvalue weighted by Crippen LogP contribution is -2.20. The Hall–Kier alpha value is -1.46. The molecule has 0 bridgehead atoms. The lowest BCUT2D eigenvalue weighted by atomic mass is 10.1. The van der Waals surface area contributed by atoms with Gasteiger partial charge < -0.3 is 18.9 Å². The normalized spacial score (nSPS) is 12.4. The second-order valence-corrected chi connectivity index (χ2v) is 7.10. The number of hydrogen-bond acceptors (Lipinski definition) is 4. The molecule has 1 unspecified atom stereocenters. The van der Waals surface area contributed by atoms with Gasteiger partial charge in [0.2, 0.25) is 0 Å². The van der Waals surface area contributed by atoms with Crippen LogP contribution in [-0.4, -0.2) is 38.9 Å². The van der Waals surface area contributed by atoms with Gasteiger partial charge in [-0.3, -0.25) is 0 Å². The lowest BCUT2D eigenvalue weighted by molar-refractivity contribution is 0.0570. The first kappa shape index (κ1) is 19.9. The molecular weight excluding hydrogens is 384 g/mol. The average Bonchev–Trinajstić information content (AvgIpc) is 2.63. The zero-order valence-electron chi connectivity index (χ0n) is 15.4. The van der Waals surface area contributed by atoms with Crippen LogP contribution in [0.5, 0.6) is 17.2 Å². The second-order valence-electron chi connectivity index (χ2n) is 6.30. The topological polar surface area (TPSA) is 36.9 Å². The molecule has 1 atom stereocenters. The number of fused-ring (bicyclic) bond motifs is 1. The third-order valence-electron chi connectivity index (χ3n) is 3.89. The number of methoxy groups -OCH3 is 2. The molecule has 0 amide bonds. The lowest BCUT2D eigenvalue weighted by Gasteiger charge is -2.19. The molecule has 0 N–H and O–H groups in total. The summed E-state index contributed by atoms with van der Waals surface area (Å²) in [5.74, 6) is 2.67. The van der Waals surface area contributed by atoms with Crippen molar-refractivity contribution in [2.24, 2.45) is 5.92 Å². The Kier molecular flexibility index (Phi) is 7.85. The molecule has 2 rings (SSSR count). The fraction of sp³-hybridized carbons (Fsp3) is 0.500. The molecule has 0 spiro atoms. The van der Waals surface area contributed by atoms with Crippen molar-refractivity contribution < 1.29 is 18.9 Å². The van der Waals surface area contributed by atoms with Crippen molar-refractivity contribution in [1.82, 2.24) is 0 Å². The van der Waals surface area contributed by atoms with Crippen molar-refractivity contribution in [1.29, 1.82) is 0 Å². The second kappa shape index (κ2) is 9.88. The van der Waals surface area contributed by atoms with E-state index in [1.807, 2.05) is 30.3 Å². The van der Waals surface area contributed by atoms with Crippen LogP contribution in [0.2, 0.25) is 0 Å². The summed E-state index contributed by atoms with van der Waals surface area (Å²) in [6.07, 6.45) is 0.933. The molecule has 0 aliphatic heterocycles. The highest BCUT2D eigenvalue weighted by Crippen LogP contribution is 2.41. The molecule has 2 aromatic carbocycles. The molecule has 4 nitrogen and oxygen atoms in total. The smallest absolute Gasteiger partial charge is 0.169 e. The number of rotatable bonds is 10. The predicted molar refractivity (Wildman–Crippen MR) is 106 cm³/mol. The van der Waals surface area contributed by atoms with Crippen molar-refractivity contribution in [3.63, 3.8) is 0 Å². The van der Waals surface area contributed by atoms with Gasteiger partial charge in [0, 0.05) is 29.3 Å². The van der Waals surface area contributed by atoms with Crippen LogP contribution in [0.15, 0.2) is 30.3 Å². The minimum absolute atomic E-state index is 0.0426. The summed E-state index contributed by atoms with van der Waals surface area (Å²) in [5.41, 5.74) is 0. The summed E-state index contributed by atoms with van der Waals surface area (Å²) in [6, 6.07) is 9.97. The van der Waals surface area contributed by atoms with E-state index in [0.29, 0.717) is 24.9 Å². The van der Waals surface area contributed by atoms with Crippen LogP contribution >= 0.6 is 15.9 Å². The van der Waals surface area contributed by atoms with E-state index < -0.39 is 0 Å². The molecular formula is C20H27BrO4. The zero-order chi connectivity index (χ0) is 18.2. The van der Waals surface area contributed by atoms with Crippen molar-refractivity contribution in [3.05, 3.63) is 30.3 Å². The third-order valence-corrected chi connectivity index (χ3v) is 4.35. The zero-order valence-corrected chi connectivity index (χ0v) is 17.0.